The number of halogens is 1. The number of methoxy groups -OCH3 is 1. The van der Waals surface area contributed by atoms with Crippen LogP contribution in [0.15, 0.2) is 18.2 Å². The Morgan fingerprint density at radius 1 is 1.40 bits per heavy atom. The summed E-state index contributed by atoms with van der Waals surface area (Å²) in [6.45, 7) is 4.13. The van der Waals surface area contributed by atoms with Gasteiger partial charge in [-0.05, 0) is 18.1 Å². The van der Waals surface area contributed by atoms with Crippen LogP contribution in [0.1, 0.15) is 25.5 Å². The van der Waals surface area contributed by atoms with E-state index in [0.29, 0.717) is 16.5 Å². The van der Waals surface area contributed by atoms with Crippen LogP contribution < -0.4 is 15.8 Å². The highest BCUT2D eigenvalue weighted by atomic mass is 35.5. The van der Waals surface area contributed by atoms with E-state index in [1.807, 2.05) is 19.2 Å². The maximum atomic E-state index is 6.15. The molecule has 0 saturated carbocycles. The van der Waals surface area contributed by atoms with Gasteiger partial charge in [-0.15, -0.1) is 0 Å². The van der Waals surface area contributed by atoms with Crippen molar-refractivity contribution in [2.45, 2.75) is 19.8 Å². The van der Waals surface area contributed by atoms with Crippen LogP contribution >= 0.6 is 11.6 Å². The third-order valence-electron chi connectivity index (χ3n) is 3.07. The van der Waals surface area contributed by atoms with E-state index >= 15 is 0 Å². The summed E-state index contributed by atoms with van der Waals surface area (Å²) in [5.41, 5.74) is 8.54. The van der Waals surface area contributed by atoms with E-state index in [0.717, 1.165) is 17.2 Å². The van der Waals surface area contributed by atoms with E-state index in [-0.39, 0.29) is 5.92 Å². The van der Waals surface area contributed by atoms with Crippen LogP contribution in [0.3, 0.4) is 0 Å². The number of benzene rings is 1. The van der Waals surface area contributed by atoms with E-state index in [1.54, 1.807) is 17.9 Å². The molecule has 1 aromatic carbocycles. The van der Waals surface area contributed by atoms with Crippen molar-refractivity contribution < 1.29 is 4.74 Å². The Morgan fingerprint density at radius 3 is 2.65 bits per heavy atom. The molecule has 2 rings (SSSR count). The monoisotopic (exact) mass is 294 g/mol. The molecular formula is C14H19ClN4O. The van der Waals surface area contributed by atoms with Gasteiger partial charge in [-0.3, -0.25) is 4.68 Å². The lowest BCUT2D eigenvalue weighted by Crippen LogP contribution is -2.01. The van der Waals surface area contributed by atoms with Gasteiger partial charge in [0.15, 0.2) is 5.82 Å². The predicted molar refractivity (Wildman–Crippen MR) is 83.0 cm³/mol. The van der Waals surface area contributed by atoms with Gasteiger partial charge < -0.3 is 15.8 Å². The number of aryl methyl sites for hydroxylation is 1. The first kappa shape index (κ1) is 14.5. The lowest BCUT2D eigenvalue weighted by atomic mass is 10.1. The number of hydrogen-bond acceptors (Lipinski definition) is 4. The van der Waals surface area contributed by atoms with Gasteiger partial charge in [0, 0.05) is 18.8 Å². The Morgan fingerprint density at radius 2 is 2.10 bits per heavy atom. The normalized spacial score (nSPS) is 10.9. The Bertz CT molecular complexity index is 622. The van der Waals surface area contributed by atoms with E-state index in [9.17, 15) is 0 Å². The minimum Gasteiger partial charge on any atom is -0.495 e. The van der Waals surface area contributed by atoms with Crippen LogP contribution in [-0.2, 0) is 7.05 Å². The molecule has 0 aliphatic rings. The fourth-order valence-corrected chi connectivity index (χ4v) is 2.20. The van der Waals surface area contributed by atoms with Crippen LogP contribution in [0.5, 0.6) is 5.75 Å². The van der Waals surface area contributed by atoms with Crippen molar-refractivity contribution in [3.63, 3.8) is 0 Å². The largest absolute Gasteiger partial charge is 0.495 e. The molecule has 0 aliphatic carbocycles. The van der Waals surface area contributed by atoms with Gasteiger partial charge in [-0.25, -0.2) is 0 Å². The van der Waals surface area contributed by atoms with Gasteiger partial charge in [0.25, 0.3) is 0 Å². The van der Waals surface area contributed by atoms with Gasteiger partial charge in [0.05, 0.1) is 23.5 Å². The summed E-state index contributed by atoms with van der Waals surface area (Å²) in [5, 5.41) is 8.26. The summed E-state index contributed by atoms with van der Waals surface area (Å²) < 4.78 is 6.94. The van der Waals surface area contributed by atoms with Crippen molar-refractivity contribution in [2.75, 3.05) is 18.2 Å². The van der Waals surface area contributed by atoms with Gasteiger partial charge in [0.1, 0.15) is 5.75 Å². The predicted octanol–water partition coefficient (Wildman–Crippen LogP) is 3.53. The second-order valence-corrected chi connectivity index (χ2v) is 5.31. The standard InChI is InChI=1S/C14H19ClN4O/c1-8(2)13-12(16)14(19(3)18-13)17-9-5-6-10(15)11(7-9)20-4/h5-8,17H,16H2,1-4H3. The molecule has 1 heterocycles. The van der Waals surface area contributed by atoms with Crippen LogP contribution in [-0.4, -0.2) is 16.9 Å². The second-order valence-electron chi connectivity index (χ2n) is 4.90. The summed E-state index contributed by atoms with van der Waals surface area (Å²) in [5.74, 6) is 1.65. The van der Waals surface area contributed by atoms with Gasteiger partial charge in [-0.1, -0.05) is 25.4 Å². The number of nitrogen functional groups attached to an aromatic ring is 1. The fraction of sp³-hybridized carbons (Fsp3) is 0.357. The van der Waals surface area contributed by atoms with Crippen LogP contribution in [0.25, 0.3) is 0 Å². The molecule has 6 heteroatoms. The molecule has 20 heavy (non-hydrogen) atoms. The molecule has 108 valence electrons. The third kappa shape index (κ3) is 2.67. The van der Waals surface area contributed by atoms with Crippen molar-refractivity contribution in [1.82, 2.24) is 9.78 Å². The van der Waals surface area contributed by atoms with Crippen molar-refractivity contribution in [2.24, 2.45) is 7.05 Å². The first-order valence-electron chi connectivity index (χ1n) is 6.37. The van der Waals surface area contributed by atoms with E-state index in [4.69, 9.17) is 22.1 Å². The summed E-state index contributed by atoms with van der Waals surface area (Å²) in [6, 6.07) is 5.47. The van der Waals surface area contributed by atoms with Gasteiger partial charge in [0.2, 0.25) is 0 Å². The molecule has 3 N–H and O–H groups in total. The molecule has 5 nitrogen and oxygen atoms in total. The molecule has 0 bridgehead atoms. The maximum absolute atomic E-state index is 6.15. The number of hydrogen-bond donors (Lipinski definition) is 2. The van der Waals surface area contributed by atoms with Crippen LogP contribution in [0.2, 0.25) is 5.02 Å². The molecular weight excluding hydrogens is 276 g/mol. The summed E-state index contributed by atoms with van der Waals surface area (Å²) >= 11 is 6.01. The minimum atomic E-state index is 0.275. The van der Waals surface area contributed by atoms with Gasteiger partial charge >= 0.3 is 0 Å². The Kier molecular flexibility index (Phi) is 4.09. The maximum Gasteiger partial charge on any atom is 0.152 e. The molecule has 0 atom stereocenters. The first-order chi connectivity index (χ1) is 9.43. The number of aromatic nitrogens is 2. The zero-order valence-corrected chi connectivity index (χ0v) is 12.8. The summed E-state index contributed by atoms with van der Waals surface area (Å²) in [4.78, 5) is 0. The van der Waals surface area contributed by atoms with Crippen LogP contribution in [0.4, 0.5) is 17.2 Å². The number of nitrogens with two attached hydrogens (primary N) is 1. The van der Waals surface area contributed by atoms with E-state index in [1.165, 1.54) is 0 Å². The topological polar surface area (TPSA) is 65.1 Å². The molecule has 0 saturated heterocycles. The highest BCUT2D eigenvalue weighted by molar-refractivity contribution is 6.32. The van der Waals surface area contributed by atoms with Crippen molar-refractivity contribution >= 4 is 28.8 Å². The zero-order chi connectivity index (χ0) is 14.9. The molecule has 2 aromatic rings. The van der Waals surface area contributed by atoms with Crippen molar-refractivity contribution in [3.05, 3.63) is 28.9 Å². The molecule has 0 spiro atoms. The van der Waals surface area contributed by atoms with Crippen molar-refractivity contribution in [3.8, 4) is 5.75 Å². The lowest BCUT2D eigenvalue weighted by Gasteiger charge is -2.10. The van der Waals surface area contributed by atoms with Crippen molar-refractivity contribution in [1.29, 1.82) is 0 Å². The first-order valence-corrected chi connectivity index (χ1v) is 6.74. The summed E-state index contributed by atoms with van der Waals surface area (Å²) in [7, 11) is 3.44. The zero-order valence-electron chi connectivity index (χ0n) is 12.1. The van der Waals surface area contributed by atoms with Gasteiger partial charge in [-0.2, -0.15) is 5.10 Å². The number of rotatable bonds is 4. The lowest BCUT2D eigenvalue weighted by molar-refractivity contribution is 0.415. The average Bonchev–Trinajstić information content (AvgIpc) is 2.69. The number of ether oxygens (including phenoxy) is 1. The molecule has 0 unspecified atom stereocenters. The highest BCUT2D eigenvalue weighted by Gasteiger charge is 2.16. The Balaban J connectivity index is 2.35. The Hall–Kier alpha value is -1.88. The molecule has 0 radical (unpaired) electrons. The quantitative estimate of drug-likeness (QED) is 0.905. The summed E-state index contributed by atoms with van der Waals surface area (Å²) in [6.07, 6.45) is 0. The smallest absolute Gasteiger partial charge is 0.152 e. The van der Waals surface area contributed by atoms with E-state index < -0.39 is 0 Å². The molecule has 0 amide bonds. The average molecular weight is 295 g/mol. The van der Waals surface area contributed by atoms with Crippen LogP contribution in [0, 0.1) is 0 Å². The number of nitrogens with zero attached hydrogens (tertiary/aromatic N) is 2. The number of anilines is 3. The third-order valence-corrected chi connectivity index (χ3v) is 3.39. The molecule has 0 aliphatic heterocycles. The second kappa shape index (κ2) is 5.63. The highest BCUT2D eigenvalue weighted by Crippen LogP contribution is 2.33. The number of nitrogens with one attached hydrogen (secondary N) is 1. The van der Waals surface area contributed by atoms with E-state index in [2.05, 4.69) is 24.3 Å². The molecule has 1 aromatic heterocycles. The Labute approximate surface area is 123 Å². The fourth-order valence-electron chi connectivity index (χ4n) is 2.01. The minimum absolute atomic E-state index is 0.275. The molecule has 0 fully saturated rings. The SMILES string of the molecule is COc1cc(Nc2c(N)c(C(C)C)nn2C)ccc1Cl.